The van der Waals surface area contributed by atoms with E-state index in [2.05, 4.69) is 23.5 Å². The Hall–Kier alpha value is -2.96. The number of nitrogens with zero attached hydrogens (tertiary/aromatic N) is 3. The first-order chi connectivity index (χ1) is 17.5. The molecule has 7 heteroatoms. The highest BCUT2D eigenvalue weighted by atomic mass is 16.4. The van der Waals surface area contributed by atoms with Crippen LogP contribution in [0, 0.1) is 5.92 Å². The molecular formula is C29H38N4O3. The molecule has 1 atom stereocenters. The number of carboxylic acids is 1. The van der Waals surface area contributed by atoms with Gasteiger partial charge in [0.05, 0.1) is 6.42 Å². The summed E-state index contributed by atoms with van der Waals surface area (Å²) in [7, 11) is 0. The van der Waals surface area contributed by atoms with Crippen molar-refractivity contribution in [3.8, 4) is 0 Å². The maximum Gasteiger partial charge on any atom is 0.303 e. The van der Waals surface area contributed by atoms with E-state index in [1.807, 2.05) is 11.1 Å². The van der Waals surface area contributed by atoms with Gasteiger partial charge >= 0.3 is 5.97 Å². The summed E-state index contributed by atoms with van der Waals surface area (Å²) in [5, 5.41) is 12.9. The van der Waals surface area contributed by atoms with Gasteiger partial charge in [0.2, 0.25) is 5.91 Å². The molecule has 1 amide bonds. The van der Waals surface area contributed by atoms with Gasteiger partial charge in [0, 0.05) is 43.6 Å². The van der Waals surface area contributed by atoms with Gasteiger partial charge in [-0.25, -0.2) is 4.98 Å². The van der Waals surface area contributed by atoms with Crippen LogP contribution in [0.4, 0.5) is 5.82 Å². The van der Waals surface area contributed by atoms with Crippen molar-refractivity contribution in [2.45, 2.75) is 83.0 Å². The molecule has 2 aromatic heterocycles. The second-order valence-corrected chi connectivity index (χ2v) is 10.8. The van der Waals surface area contributed by atoms with Gasteiger partial charge in [-0.3, -0.25) is 14.6 Å². The summed E-state index contributed by atoms with van der Waals surface area (Å²) in [6, 6.07) is 6.42. The fraction of sp³-hybridized carbons (Fsp3) is 0.586. The van der Waals surface area contributed by atoms with Gasteiger partial charge in [-0.1, -0.05) is 12.1 Å². The number of nitrogens with one attached hydrogen (secondary N) is 1. The Balaban J connectivity index is 1.13. The van der Waals surface area contributed by atoms with Crippen molar-refractivity contribution in [2.75, 3.05) is 25.0 Å². The Morgan fingerprint density at radius 3 is 2.72 bits per heavy atom. The number of fused-ring (bicyclic) bond motifs is 2. The third kappa shape index (κ3) is 6.05. The van der Waals surface area contributed by atoms with E-state index in [4.69, 9.17) is 9.97 Å². The van der Waals surface area contributed by atoms with Crippen LogP contribution in [0.2, 0.25) is 0 Å². The standard InChI is InChI=1S/C29H38N4O3/c34-27(10-9-25-8-7-21-5-3-13-30-29(21)32-25)33-14-11-20(12-15-33)16-23(18-28(35)36)24-17-22-4-1-2-6-26(22)31-19-24/h7-8,17,19-20,23H,1-6,9-16,18H2,(H,30,32)(H,35,36). The number of piperidine rings is 1. The first kappa shape index (κ1) is 24.7. The van der Waals surface area contributed by atoms with E-state index in [-0.39, 0.29) is 18.2 Å². The van der Waals surface area contributed by atoms with Crippen LogP contribution in [0.25, 0.3) is 0 Å². The van der Waals surface area contributed by atoms with E-state index < -0.39 is 5.97 Å². The van der Waals surface area contributed by atoms with Crippen molar-refractivity contribution in [1.29, 1.82) is 0 Å². The number of amides is 1. The largest absolute Gasteiger partial charge is 0.481 e. The molecule has 1 fully saturated rings. The van der Waals surface area contributed by atoms with Crippen molar-refractivity contribution in [2.24, 2.45) is 5.92 Å². The van der Waals surface area contributed by atoms with Crippen LogP contribution in [0.5, 0.6) is 0 Å². The Bertz CT molecular complexity index is 1090. The molecule has 1 aliphatic carbocycles. The molecule has 1 saturated heterocycles. The predicted molar refractivity (Wildman–Crippen MR) is 139 cm³/mol. The molecule has 3 aliphatic rings. The van der Waals surface area contributed by atoms with Crippen LogP contribution in [-0.2, 0) is 35.3 Å². The van der Waals surface area contributed by atoms with E-state index in [9.17, 15) is 14.7 Å². The highest BCUT2D eigenvalue weighted by molar-refractivity contribution is 5.76. The minimum absolute atomic E-state index is 0.0156. The summed E-state index contributed by atoms with van der Waals surface area (Å²) in [5.74, 6) is 0.844. The number of anilines is 1. The Kier molecular flexibility index (Phi) is 7.83. The molecule has 5 rings (SSSR count). The minimum atomic E-state index is -0.753. The SMILES string of the molecule is O=C(O)CC(CC1CCN(C(=O)CCc2ccc3c(n2)NCCC3)CC1)c1cnc2c(c1)CCCC2. The quantitative estimate of drug-likeness (QED) is 0.564. The van der Waals surface area contributed by atoms with Crippen molar-refractivity contribution < 1.29 is 14.7 Å². The Labute approximate surface area is 213 Å². The number of rotatable bonds is 8. The zero-order chi connectivity index (χ0) is 24.9. The van der Waals surface area contributed by atoms with Gasteiger partial charge in [0.1, 0.15) is 5.82 Å². The lowest BCUT2D eigenvalue weighted by molar-refractivity contribution is -0.137. The van der Waals surface area contributed by atoms with Crippen molar-refractivity contribution in [1.82, 2.24) is 14.9 Å². The maximum absolute atomic E-state index is 12.9. The van der Waals surface area contributed by atoms with Gasteiger partial charge in [0.15, 0.2) is 0 Å². The number of pyridine rings is 2. The second-order valence-electron chi connectivity index (χ2n) is 10.8. The highest BCUT2D eigenvalue weighted by Gasteiger charge is 2.27. The van der Waals surface area contributed by atoms with E-state index in [1.54, 1.807) is 0 Å². The summed E-state index contributed by atoms with van der Waals surface area (Å²) in [6.07, 6.45) is 12.6. The molecule has 0 radical (unpaired) electrons. The molecule has 0 spiro atoms. The Morgan fingerprint density at radius 1 is 1.08 bits per heavy atom. The van der Waals surface area contributed by atoms with Crippen LogP contribution in [0.1, 0.15) is 85.4 Å². The van der Waals surface area contributed by atoms with Gasteiger partial charge in [0.25, 0.3) is 0 Å². The average molecular weight is 491 g/mol. The fourth-order valence-corrected chi connectivity index (χ4v) is 6.10. The molecule has 0 saturated carbocycles. The predicted octanol–water partition coefficient (Wildman–Crippen LogP) is 4.53. The smallest absolute Gasteiger partial charge is 0.303 e. The van der Waals surface area contributed by atoms with Gasteiger partial charge in [-0.05, 0) is 98.8 Å². The van der Waals surface area contributed by atoms with Gasteiger partial charge in [-0.2, -0.15) is 0 Å². The normalized spacial score (nSPS) is 18.6. The molecule has 1 unspecified atom stereocenters. The zero-order valence-corrected chi connectivity index (χ0v) is 21.2. The lowest BCUT2D eigenvalue weighted by Gasteiger charge is -2.34. The number of aryl methyl sites for hydroxylation is 4. The molecule has 2 aliphatic heterocycles. The molecule has 0 aromatic carbocycles. The molecular weight excluding hydrogens is 452 g/mol. The van der Waals surface area contributed by atoms with E-state index in [0.29, 0.717) is 18.8 Å². The molecule has 192 valence electrons. The van der Waals surface area contributed by atoms with Gasteiger partial charge in [-0.15, -0.1) is 0 Å². The van der Waals surface area contributed by atoms with E-state index >= 15 is 0 Å². The van der Waals surface area contributed by atoms with Crippen LogP contribution in [0.15, 0.2) is 24.4 Å². The molecule has 36 heavy (non-hydrogen) atoms. The maximum atomic E-state index is 12.9. The molecule has 2 N–H and O–H groups in total. The topological polar surface area (TPSA) is 95.4 Å². The molecule has 4 heterocycles. The highest BCUT2D eigenvalue weighted by Crippen LogP contribution is 2.34. The fourth-order valence-electron chi connectivity index (χ4n) is 6.10. The number of aromatic nitrogens is 2. The number of hydrogen-bond acceptors (Lipinski definition) is 5. The Morgan fingerprint density at radius 2 is 1.89 bits per heavy atom. The molecule has 0 bridgehead atoms. The molecule has 7 nitrogen and oxygen atoms in total. The lowest BCUT2D eigenvalue weighted by Crippen LogP contribution is -2.39. The van der Waals surface area contributed by atoms with E-state index in [1.165, 1.54) is 29.7 Å². The van der Waals surface area contributed by atoms with Crippen molar-refractivity contribution in [3.05, 3.63) is 52.5 Å². The van der Waals surface area contributed by atoms with Crippen LogP contribution in [-0.4, -0.2) is 51.5 Å². The summed E-state index contributed by atoms with van der Waals surface area (Å²) >= 11 is 0. The monoisotopic (exact) mass is 490 g/mol. The first-order valence-electron chi connectivity index (χ1n) is 13.7. The van der Waals surface area contributed by atoms with Gasteiger partial charge < -0.3 is 15.3 Å². The number of likely N-dealkylation sites (tertiary alicyclic amines) is 1. The lowest BCUT2D eigenvalue weighted by atomic mass is 9.81. The number of carbonyl (C=O) groups is 2. The third-order valence-corrected chi connectivity index (χ3v) is 8.22. The molecule has 2 aromatic rings. The first-order valence-corrected chi connectivity index (χ1v) is 13.7. The van der Waals surface area contributed by atoms with Crippen LogP contribution < -0.4 is 5.32 Å². The number of carbonyl (C=O) groups excluding carboxylic acids is 1. The summed E-state index contributed by atoms with van der Waals surface area (Å²) < 4.78 is 0. The minimum Gasteiger partial charge on any atom is -0.481 e. The van der Waals surface area contributed by atoms with Crippen molar-refractivity contribution >= 4 is 17.7 Å². The summed E-state index contributed by atoms with van der Waals surface area (Å²) in [5.41, 5.74) is 5.81. The zero-order valence-electron chi connectivity index (χ0n) is 21.2. The number of aliphatic carboxylic acids is 1. The third-order valence-electron chi connectivity index (χ3n) is 8.22. The van der Waals surface area contributed by atoms with Crippen LogP contribution >= 0.6 is 0 Å². The second kappa shape index (κ2) is 11.4. The summed E-state index contributed by atoms with van der Waals surface area (Å²) in [4.78, 5) is 35.9. The van der Waals surface area contributed by atoms with E-state index in [0.717, 1.165) is 81.7 Å². The van der Waals surface area contributed by atoms with Crippen LogP contribution in [0.3, 0.4) is 0 Å². The summed E-state index contributed by atoms with van der Waals surface area (Å²) in [6.45, 7) is 2.48. The number of carboxylic acid groups (broad SMARTS) is 1. The average Bonchev–Trinajstić information content (AvgIpc) is 2.91. The number of hydrogen-bond donors (Lipinski definition) is 2. The van der Waals surface area contributed by atoms with Crippen molar-refractivity contribution in [3.63, 3.8) is 0 Å².